The summed E-state index contributed by atoms with van der Waals surface area (Å²) in [7, 11) is 3.27. The minimum Gasteiger partial charge on any atom is -0.497 e. The molecule has 0 aliphatic carbocycles. The molecule has 0 radical (unpaired) electrons. The Hall–Kier alpha value is -4.20. The van der Waals surface area contributed by atoms with E-state index in [9.17, 15) is 9.59 Å². The number of nitrogens with zero attached hydrogens (tertiary/aromatic N) is 2. The Kier molecular flexibility index (Phi) is 8.18. The molecule has 8 nitrogen and oxygen atoms in total. The number of ether oxygens (including phenoxy) is 2. The van der Waals surface area contributed by atoms with Crippen LogP contribution in [0.2, 0.25) is 0 Å². The first-order valence-corrected chi connectivity index (χ1v) is 12.4. The number of hydrogen-bond acceptors (Lipinski definition) is 6. The molecule has 2 amide bonds. The molecule has 4 rings (SSSR count). The van der Waals surface area contributed by atoms with Crippen molar-refractivity contribution < 1.29 is 19.1 Å². The number of methoxy groups -OCH3 is 2. The van der Waals surface area contributed by atoms with Gasteiger partial charge >= 0.3 is 0 Å². The standard InChI is InChI=1S/C29H34N4O4/c1-20(2)30-29(35)24-19-22(31-28(34)21-9-12-23(36-3)13-10-21)11-14-25(24)32-15-17-33(18-16-32)26-7-5-6-8-27(26)37-4/h5-14,19-20H,15-18H2,1-4H3,(H,30,35)(H,31,34). The second-order valence-electron chi connectivity index (χ2n) is 9.19. The third-order valence-electron chi connectivity index (χ3n) is 6.32. The molecule has 0 saturated carbocycles. The maximum absolute atomic E-state index is 13.2. The molecule has 1 heterocycles. The van der Waals surface area contributed by atoms with Crippen LogP contribution >= 0.6 is 0 Å². The zero-order valence-electron chi connectivity index (χ0n) is 21.8. The first kappa shape index (κ1) is 25.9. The van der Waals surface area contributed by atoms with Crippen molar-refractivity contribution in [2.24, 2.45) is 0 Å². The van der Waals surface area contributed by atoms with Gasteiger partial charge in [-0.25, -0.2) is 0 Å². The summed E-state index contributed by atoms with van der Waals surface area (Å²) in [5, 5.41) is 5.91. The molecule has 2 N–H and O–H groups in total. The number of carbonyl (C=O) groups is 2. The highest BCUT2D eigenvalue weighted by atomic mass is 16.5. The van der Waals surface area contributed by atoms with Gasteiger partial charge in [0.1, 0.15) is 11.5 Å². The SMILES string of the molecule is COc1ccc(C(=O)Nc2ccc(N3CCN(c4ccccc4OC)CC3)c(C(=O)NC(C)C)c2)cc1. The molecule has 0 atom stereocenters. The van der Waals surface area contributed by atoms with Crippen LogP contribution < -0.4 is 29.9 Å². The van der Waals surface area contributed by atoms with E-state index in [1.165, 1.54) is 0 Å². The number of amides is 2. The van der Waals surface area contributed by atoms with Gasteiger partial charge in [0.25, 0.3) is 11.8 Å². The molecular weight excluding hydrogens is 468 g/mol. The largest absolute Gasteiger partial charge is 0.497 e. The number of piperazine rings is 1. The molecule has 3 aromatic rings. The first-order chi connectivity index (χ1) is 17.9. The topological polar surface area (TPSA) is 83.1 Å². The Morgan fingerprint density at radius 3 is 2.05 bits per heavy atom. The summed E-state index contributed by atoms with van der Waals surface area (Å²) in [5.41, 5.74) is 3.52. The molecule has 1 saturated heterocycles. The van der Waals surface area contributed by atoms with E-state index in [0.717, 1.165) is 43.3 Å². The Morgan fingerprint density at radius 2 is 1.43 bits per heavy atom. The fourth-order valence-electron chi connectivity index (χ4n) is 4.44. The van der Waals surface area contributed by atoms with Gasteiger partial charge in [-0.3, -0.25) is 9.59 Å². The van der Waals surface area contributed by atoms with Crippen molar-refractivity contribution in [1.82, 2.24) is 5.32 Å². The molecule has 3 aromatic carbocycles. The fraction of sp³-hybridized carbons (Fsp3) is 0.310. The molecule has 0 bridgehead atoms. The van der Waals surface area contributed by atoms with Gasteiger partial charge in [-0.15, -0.1) is 0 Å². The lowest BCUT2D eigenvalue weighted by Gasteiger charge is -2.38. The van der Waals surface area contributed by atoms with Gasteiger partial charge in [0, 0.05) is 49.2 Å². The van der Waals surface area contributed by atoms with Gasteiger partial charge < -0.3 is 29.9 Å². The maximum atomic E-state index is 13.2. The summed E-state index contributed by atoms with van der Waals surface area (Å²) in [6.07, 6.45) is 0. The van der Waals surface area contributed by atoms with Crippen LogP contribution in [0.3, 0.4) is 0 Å². The van der Waals surface area contributed by atoms with Crippen LogP contribution in [-0.4, -0.2) is 58.3 Å². The number of benzene rings is 3. The first-order valence-electron chi connectivity index (χ1n) is 12.4. The van der Waals surface area contributed by atoms with Gasteiger partial charge in [-0.05, 0) is 68.4 Å². The van der Waals surface area contributed by atoms with Crippen LogP contribution in [0.15, 0.2) is 66.7 Å². The number of rotatable bonds is 8. The minimum absolute atomic E-state index is 0.0136. The highest BCUT2D eigenvalue weighted by molar-refractivity contribution is 6.06. The average molecular weight is 503 g/mol. The molecule has 194 valence electrons. The number of hydrogen-bond donors (Lipinski definition) is 2. The van der Waals surface area contributed by atoms with Crippen molar-refractivity contribution >= 4 is 28.9 Å². The Balaban J connectivity index is 1.53. The Bertz CT molecular complexity index is 1230. The maximum Gasteiger partial charge on any atom is 0.255 e. The van der Waals surface area contributed by atoms with Crippen LogP contribution in [0.25, 0.3) is 0 Å². The van der Waals surface area contributed by atoms with Gasteiger partial charge in [-0.2, -0.15) is 0 Å². The zero-order valence-corrected chi connectivity index (χ0v) is 21.8. The van der Waals surface area contributed by atoms with E-state index < -0.39 is 0 Å². The van der Waals surface area contributed by atoms with E-state index in [1.807, 2.05) is 44.2 Å². The highest BCUT2D eigenvalue weighted by Crippen LogP contribution is 2.31. The lowest BCUT2D eigenvalue weighted by atomic mass is 10.1. The van der Waals surface area contributed by atoms with Crippen LogP contribution in [0, 0.1) is 0 Å². The fourth-order valence-corrected chi connectivity index (χ4v) is 4.44. The van der Waals surface area contributed by atoms with Crippen molar-refractivity contribution in [3.8, 4) is 11.5 Å². The molecule has 0 unspecified atom stereocenters. The molecule has 1 fully saturated rings. The van der Waals surface area contributed by atoms with E-state index in [4.69, 9.17) is 9.47 Å². The molecule has 0 spiro atoms. The third kappa shape index (κ3) is 6.14. The average Bonchev–Trinajstić information content (AvgIpc) is 2.92. The normalized spacial score (nSPS) is 13.3. The molecule has 37 heavy (non-hydrogen) atoms. The summed E-state index contributed by atoms with van der Waals surface area (Å²) in [4.78, 5) is 30.5. The third-order valence-corrected chi connectivity index (χ3v) is 6.32. The lowest BCUT2D eigenvalue weighted by Crippen LogP contribution is -2.47. The summed E-state index contributed by atoms with van der Waals surface area (Å²) >= 11 is 0. The molecule has 8 heteroatoms. The summed E-state index contributed by atoms with van der Waals surface area (Å²) in [6, 6.07) is 20.4. The minimum atomic E-state index is -0.254. The number of carbonyl (C=O) groups excluding carboxylic acids is 2. The van der Waals surface area contributed by atoms with E-state index >= 15 is 0 Å². The smallest absolute Gasteiger partial charge is 0.255 e. The summed E-state index contributed by atoms with van der Waals surface area (Å²) in [5.74, 6) is 1.11. The van der Waals surface area contributed by atoms with Crippen molar-refractivity contribution in [2.45, 2.75) is 19.9 Å². The lowest BCUT2D eigenvalue weighted by molar-refractivity contribution is 0.0942. The summed E-state index contributed by atoms with van der Waals surface area (Å²) in [6.45, 7) is 6.94. The monoisotopic (exact) mass is 502 g/mol. The zero-order chi connectivity index (χ0) is 26.4. The Labute approximate surface area is 218 Å². The van der Waals surface area contributed by atoms with Crippen LogP contribution in [0.4, 0.5) is 17.1 Å². The molecular formula is C29H34N4O4. The van der Waals surface area contributed by atoms with Gasteiger partial charge in [0.15, 0.2) is 0 Å². The number of para-hydroxylation sites is 2. The molecule has 1 aliphatic rings. The van der Waals surface area contributed by atoms with Crippen LogP contribution in [0.5, 0.6) is 11.5 Å². The quantitative estimate of drug-likeness (QED) is 0.475. The van der Waals surface area contributed by atoms with Crippen molar-refractivity contribution in [3.63, 3.8) is 0 Å². The molecule has 0 aromatic heterocycles. The van der Waals surface area contributed by atoms with Crippen molar-refractivity contribution in [1.29, 1.82) is 0 Å². The van der Waals surface area contributed by atoms with Gasteiger partial charge in [0.2, 0.25) is 0 Å². The van der Waals surface area contributed by atoms with Gasteiger partial charge in [0.05, 0.1) is 25.5 Å². The van der Waals surface area contributed by atoms with E-state index in [-0.39, 0.29) is 17.9 Å². The predicted octanol–water partition coefficient (Wildman–Crippen LogP) is 4.42. The van der Waals surface area contributed by atoms with Crippen LogP contribution in [0.1, 0.15) is 34.6 Å². The van der Waals surface area contributed by atoms with Crippen molar-refractivity contribution in [3.05, 3.63) is 77.9 Å². The number of nitrogens with one attached hydrogen (secondary N) is 2. The van der Waals surface area contributed by atoms with Crippen molar-refractivity contribution in [2.75, 3.05) is 55.5 Å². The van der Waals surface area contributed by atoms with Gasteiger partial charge in [-0.1, -0.05) is 12.1 Å². The Morgan fingerprint density at radius 1 is 0.784 bits per heavy atom. The number of anilines is 3. The van der Waals surface area contributed by atoms with Crippen LogP contribution in [-0.2, 0) is 0 Å². The summed E-state index contributed by atoms with van der Waals surface area (Å²) < 4.78 is 10.7. The second kappa shape index (κ2) is 11.7. The van der Waals surface area contributed by atoms with E-state index in [0.29, 0.717) is 22.6 Å². The second-order valence-corrected chi connectivity index (χ2v) is 9.19. The van der Waals surface area contributed by atoms with E-state index in [2.05, 4.69) is 26.5 Å². The highest BCUT2D eigenvalue weighted by Gasteiger charge is 2.24. The molecule has 1 aliphatic heterocycles. The van der Waals surface area contributed by atoms with E-state index in [1.54, 1.807) is 44.6 Å². The predicted molar refractivity (Wildman–Crippen MR) is 147 cm³/mol.